The summed E-state index contributed by atoms with van der Waals surface area (Å²) in [6, 6.07) is 20.1. The third kappa shape index (κ3) is 3.46. The van der Waals surface area contributed by atoms with Gasteiger partial charge in [0.25, 0.3) is 0 Å². The Bertz CT molecular complexity index is 798. The van der Waals surface area contributed by atoms with Crippen molar-refractivity contribution in [3.63, 3.8) is 0 Å². The largest absolute Gasteiger partial charge is 0.492 e. The molecule has 2 aromatic carbocycles. The first-order chi connectivity index (χ1) is 10.9. The highest BCUT2D eigenvalue weighted by Crippen LogP contribution is 2.21. The molecule has 0 unspecified atom stereocenters. The summed E-state index contributed by atoms with van der Waals surface area (Å²) in [5.74, 6) is 1.31. The van der Waals surface area contributed by atoms with Crippen LogP contribution in [0, 0.1) is 0 Å². The Kier molecular flexibility index (Phi) is 4.71. The minimum absolute atomic E-state index is 0.476. The number of para-hydroxylation sites is 2. The molecule has 0 aliphatic carbocycles. The third-order valence-corrected chi connectivity index (χ3v) is 3.46. The first-order valence-corrected chi connectivity index (χ1v) is 7.72. The molecule has 0 spiro atoms. The minimum atomic E-state index is 0.476. The van der Waals surface area contributed by atoms with Crippen molar-refractivity contribution in [2.24, 2.45) is 0 Å². The lowest BCUT2D eigenvalue weighted by molar-refractivity contribution is 0.342. The summed E-state index contributed by atoms with van der Waals surface area (Å²) in [5, 5.41) is 1.14. The van der Waals surface area contributed by atoms with Gasteiger partial charge in [-0.05, 0) is 30.4 Å². The molecule has 2 nitrogen and oxygen atoms in total. The van der Waals surface area contributed by atoms with Crippen LogP contribution >= 0.6 is 11.6 Å². The SMILES string of the molecule is ClCCOc1ccccc1/C=C/c1ccc2ccccc2n1. The van der Waals surface area contributed by atoms with Gasteiger partial charge in [0.05, 0.1) is 17.1 Å². The molecule has 0 amide bonds. The van der Waals surface area contributed by atoms with Crippen molar-refractivity contribution in [1.29, 1.82) is 0 Å². The maximum Gasteiger partial charge on any atom is 0.126 e. The number of nitrogens with zero attached hydrogens (tertiary/aromatic N) is 1. The molecule has 0 atom stereocenters. The Morgan fingerprint density at radius 3 is 2.64 bits per heavy atom. The van der Waals surface area contributed by atoms with E-state index < -0.39 is 0 Å². The van der Waals surface area contributed by atoms with E-state index >= 15 is 0 Å². The van der Waals surface area contributed by atoms with Crippen LogP contribution in [0.2, 0.25) is 0 Å². The van der Waals surface area contributed by atoms with Gasteiger partial charge >= 0.3 is 0 Å². The molecule has 1 heterocycles. The quantitative estimate of drug-likeness (QED) is 0.617. The molecule has 0 N–H and O–H groups in total. The molecule has 110 valence electrons. The Labute approximate surface area is 135 Å². The van der Waals surface area contributed by atoms with Crippen LogP contribution in [0.1, 0.15) is 11.3 Å². The standard InChI is InChI=1S/C19H16ClNO/c20-13-14-22-19-8-4-2-6-16(19)10-12-17-11-9-15-5-1-3-7-18(15)21-17/h1-12H,13-14H2/b12-10+. The van der Waals surface area contributed by atoms with Gasteiger partial charge < -0.3 is 4.74 Å². The Morgan fingerprint density at radius 1 is 0.909 bits per heavy atom. The highest BCUT2D eigenvalue weighted by atomic mass is 35.5. The number of benzene rings is 2. The van der Waals surface area contributed by atoms with E-state index in [2.05, 4.69) is 17.1 Å². The van der Waals surface area contributed by atoms with Crippen LogP contribution in [0.5, 0.6) is 5.75 Å². The van der Waals surface area contributed by atoms with Gasteiger partial charge in [-0.3, -0.25) is 0 Å². The van der Waals surface area contributed by atoms with Crippen LogP contribution in [-0.4, -0.2) is 17.5 Å². The van der Waals surface area contributed by atoms with E-state index in [-0.39, 0.29) is 0 Å². The van der Waals surface area contributed by atoms with Gasteiger partial charge in [-0.1, -0.05) is 42.5 Å². The predicted octanol–water partition coefficient (Wildman–Crippen LogP) is 5.02. The highest BCUT2D eigenvalue weighted by Gasteiger charge is 2.00. The number of rotatable bonds is 5. The number of pyridine rings is 1. The van der Waals surface area contributed by atoms with Crippen molar-refractivity contribution >= 4 is 34.7 Å². The predicted molar refractivity (Wildman–Crippen MR) is 93.3 cm³/mol. The second kappa shape index (κ2) is 7.10. The van der Waals surface area contributed by atoms with Crippen LogP contribution < -0.4 is 4.74 Å². The molecule has 0 aliphatic rings. The molecule has 0 fully saturated rings. The summed E-state index contributed by atoms with van der Waals surface area (Å²) in [4.78, 5) is 4.63. The Hall–Kier alpha value is -2.32. The van der Waals surface area contributed by atoms with E-state index in [0.717, 1.165) is 27.9 Å². The Balaban J connectivity index is 1.86. The van der Waals surface area contributed by atoms with Gasteiger partial charge in [0, 0.05) is 10.9 Å². The number of hydrogen-bond acceptors (Lipinski definition) is 2. The molecule has 3 aromatic rings. The van der Waals surface area contributed by atoms with Crippen molar-refractivity contribution in [3.05, 3.63) is 71.9 Å². The lowest BCUT2D eigenvalue weighted by Crippen LogP contribution is -1.99. The Morgan fingerprint density at radius 2 is 1.73 bits per heavy atom. The van der Waals surface area contributed by atoms with Crippen molar-refractivity contribution in [2.75, 3.05) is 12.5 Å². The fraction of sp³-hybridized carbons (Fsp3) is 0.105. The van der Waals surface area contributed by atoms with Gasteiger partial charge in [-0.15, -0.1) is 11.6 Å². The van der Waals surface area contributed by atoms with Gasteiger partial charge in [0.2, 0.25) is 0 Å². The zero-order chi connectivity index (χ0) is 15.2. The summed E-state index contributed by atoms with van der Waals surface area (Å²) in [7, 11) is 0. The second-order valence-electron chi connectivity index (χ2n) is 4.84. The number of fused-ring (bicyclic) bond motifs is 1. The van der Waals surface area contributed by atoms with E-state index in [1.807, 2.05) is 60.7 Å². The van der Waals surface area contributed by atoms with Crippen LogP contribution in [0.25, 0.3) is 23.1 Å². The van der Waals surface area contributed by atoms with E-state index in [1.54, 1.807) is 0 Å². The molecule has 0 saturated carbocycles. The van der Waals surface area contributed by atoms with Crippen LogP contribution in [0.15, 0.2) is 60.7 Å². The van der Waals surface area contributed by atoms with Gasteiger partial charge in [-0.2, -0.15) is 0 Å². The maximum atomic E-state index is 5.68. The van der Waals surface area contributed by atoms with Crippen molar-refractivity contribution < 1.29 is 4.74 Å². The molecule has 0 aliphatic heterocycles. The summed E-state index contributed by atoms with van der Waals surface area (Å²) >= 11 is 5.68. The molecule has 1 aromatic heterocycles. The third-order valence-electron chi connectivity index (χ3n) is 3.31. The molecule has 0 radical (unpaired) electrons. The molecule has 3 rings (SSSR count). The normalized spacial score (nSPS) is 11.1. The number of aromatic nitrogens is 1. The zero-order valence-electron chi connectivity index (χ0n) is 12.1. The average Bonchev–Trinajstić information content (AvgIpc) is 2.58. The van der Waals surface area contributed by atoms with Crippen LogP contribution in [0.3, 0.4) is 0 Å². The minimum Gasteiger partial charge on any atom is -0.492 e. The van der Waals surface area contributed by atoms with Crippen molar-refractivity contribution in [2.45, 2.75) is 0 Å². The number of hydrogen-bond donors (Lipinski definition) is 0. The van der Waals surface area contributed by atoms with Crippen LogP contribution in [0.4, 0.5) is 0 Å². The van der Waals surface area contributed by atoms with Crippen molar-refractivity contribution in [3.8, 4) is 5.75 Å². The number of alkyl halides is 1. The lowest BCUT2D eigenvalue weighted by atomic mass is 10.1. The monoisotopic (exact) mass is 309 g/mol. The summed E-state index contributed by atoms with van der Waals surface area (Å²) in [6.45, 7) is 0.501. The molecule has 0 saturated heterocycles. The summed E-state index contributed by atoms with van der Waals surface area (Å²) < 4.78 is 5.64. The molecule has 3 heteroatoms. The van der Waals surface area contributed by atoms with E-state index in [4.69, 9.17) is 16.3 Å². The van der Waals surface area contributed by atoms with Gasteiger partial charge in [0.15, 0.2) is 0 Å². The smallest absolute Gasteiger partial charge is 0.126 e. The molecular weight excluding hydrogens is 294 g/mol. The van der Waals surface area contributed by atoms with E-state index in [0.29, 0.717) is 12.5 Å². The fourth-order valence-corrected chi connectivity index (χ4v) is 2.33. The first kappa shape index (κ1) is 14.6. The first-order valence-electron chi connectivity index (χ1n) is 7.18. The van der Waals surface area contributed by atoms with Crippen molar-refractivity contribution in [1.82, 2.24) is 4.98 Å². The summed E-state index contributed by atoms with van der Waals surface area (Å²) in [6.07, 6.45) is 4.01. The highest BCUT2D eigenvalue weighted by molar-refractivity contribution is 6.18. The molecule has 22 heavy (non-hydrogen) atoms. The van der Waals surface area contributed by atoms with E-state index in [9.17, 15) is 0 Å². The molecular formula is C19H16ClNO. The molecule has 0 bridgehead atoms. The number of ether oxygens (including phenoxy) is 1. The maximum absolute atomic E-state index is 5.68. The van der Waals surface area contributed by atoms with E-state index in [1.165, 1.54) is 0 Å². The second-order valence-corrected chi connectivity index (χ2v) is 5.22. The lowest BCUT2D eigenvalue weighted by Gasteiger charge is -2.07. The average molecular weight is 310 g/mol. The van der Waals surface area contributed by atoms with Crippen LogP contribution in [-0.2, 0) is 0 Å². The topological polar surface area (TPSA) is 22.1 Å². The van der Waals surface area contributed by atoms with Gasteiger partial charge in [0.1, 0.15) is 12.4 Å². The summed E-state index contributed by atoms with van der Waals surface area (Å²) in [5.41, 5.74) is 2.93. The fourth-order valence-electron chi connectivity index (χ4n) is 2.25. The zero-order valence-corrected chi connectivity index (χ0v) is 12.8. The van der Waals surface area contributed by atoms with Gasteiger partial charge in [-0.25, -0.2) is 4.98 Å². The number of halogens is 1.